The Labute approximate surface area is 192 Å². The summed E-state index contributed by atoms with van der Waals surface area (Å²) in [5, 5.41) is 12.6. The van der Waals surface area contributed by atoms with Crippen LogP contribution in [-0.4, -0.2) is 31.4 Å². The van der Waals surface area contributed by atoms with E-state index in [4.69, 9.17) is 0 Å². The van der Waals surface area contributed by atoms with E-state index in [2.05, 4.69) is 46.5 Å². The van der Waals surface area contributed by atoms with Crippen molar-refractivity contribution >= 4 is 23.4 Å². The number of carbonyl (C=O) groups excluding carboxylic acids is 1. The lowest BCUT2D eigenvalue weighted by Gasteiger charge is -2.14. The third-order valence-corrected chi connectivity index (χ3v) is 6.09. The van der Waals surface area contributed by atoms with E-state index in [1.54, 1.807) is 12.4 Å². The summed E-state index contributed by atoms with van der Waals surface area (Å²) in [4.78, 5) is 17.1. The van der Waals surface area contributed by atoms with Crippen LogP contribution in [0.4, 0.5) is 5.69 Å². The maximum Gasteiger partial charge on any atom is 0.234 e. The molecule has 2 aromatic heterocycles. The molecule has 1 N–H and O–H groups in total. The summed E-state index contributed by atoms with van der Waals surface area (Å²) >= 11 is 1.37. The van der Waals surface area contributed by atoms with Crippen molar-refractivity contribution in [3.63, 3.8) is 0 Å². The van der Waals surface area contributed by atoms with Gasteiger partial charge in [0.25, 0.3) is 0 Å². The van der Waals surface area contributed by atoms with Gasteiger partial charge in [-0.05, 0) is 48.2 Å². The first-order valence-electron chi connectivity index (χ1n) is 10.7. The van der Waals surface area contributed by atoms with Crippen LogP contribution in [-0.2, 0) is 17.6 Å². The summed E-state index contributed by atoms with van der Waals surface area (Å²) in [6.45, 7) is 4.20. The number of hydrogen-bond donors (Lipinski definition) is 1. The Kier molecular flexibility index (Phi) is 6.97. The Morgan fingerprint density at radius 2 is 1.69 bits per heavy atom. The van der Waals surface area contributed by atoms with Gasteiger partial charge in [0.1, 0.15) is 0 Å². The Balaban J connectivity index is 1.58. The van der Waals surface area contributed by atoms with Crippen LogP contribution in [0, 0.1) is 0 Å². The fourth-order valence-electron chi connectivity index (χ4n) is 3.56. The van der Waals surface area contributed by atoms with Gasteiger partial charge in [0, 0.05) is 29.3 Å². The van der Waals surface area contributed by atoms with Crippen LogP contribution in [0.3, 0.4) is 0 Å². The minimum Gasteiger partial charge on any atom is -0.325 e. The molecule has 0 bridgehead atoms. The molecule has 0 atom stereocenters. The summed E-state index contributed by atoms with van der Waals surface area (Å²) < 4.78 is 1.96. The minimum atomic E-state index is -0.0591. The molecule has 0 aliphatic rings. The van der Waals surface area contributed by atoms with E-state index in [1.807, 2.05) is 53.1 Å². The Morgan fingerprint density at radius 3 is 2.34 bits per heavy atom. The number of para-hydroxylation sites is 2. The molecule has 0 spiro atoms. The number of benzene rings is 2. The molecule has 2 heterocycles. The zero-order chi connectivity index (χ0) is 22.3. The standard InChI is InChI=1S/C25H25N5OS/c1-3-18-10-8-11-19(4-2)23(18)27-22(31)17-32-25-29-28-24(20-12-9-15-26-16-20)30(25)21-13-6-5-7-14-21/h5-16H,3-4,17H2,1-2H3,(H,27,31). The molecule has 0 fully saturated rings. The Hall–Kier alpha value is -3.45. The first kappa shape index (κ1) is 21.8. The third-order valence-electron chi connectivity index (χ3n) is 5.16. The number of pyridine rings is 1. The van der Waals surface area contributed by atoms with Gasteiger partial charge in [0.2, 0.25) is 5.91 Å². The summed E-state index contributed by atoms with van der Waals surface area (Å²) in [5.41, 5.74) is 5.03. The molecule has 162 valence electrons. The van der Waals surface area contributed by atoms with E-state index in [0.29, 0.717) is 11.0 Å². The molecule has 7 heteroatoms. The van der Waals surface area contributed by atoms with Gasteiger partial charge < -0.3 is 5.32 Å². The average molecular weight is 444 g/mol. The topological polar surface area (TPSA) is 72.7 Å². The van der Waals surface area contributed by atoms with E-state index >= 15 is 0 Å². The van der Waals surface area contributed by atoms with E-state index in [-0.39, 0.29) is 11.7 Å². The fraction of sp³-hybridized carbons (Fsp3) is 0.200. The van der Waals surface area contributed by atoms with E-state index in [0.717, 1.165) is 40.9 Å². The van der Waals surface area contributed by atoms with E-state index in [1.165, 1.54) is 11.8 Å². The number of hydrogen-bond acceptors (Lipinski definition) is 5. The molecule has 32 heavy (non-hydrogen) atoms. The van der Waals surface area contributed by atoms with Crippen molar-refractivity contribution in [1.82, 2.24) is 19.7 Å². The Bertz CT molecular complexity index is 1170. The molecule has 0 aliphatic carbocycles. The lowest BCUT2D eigenvalue weighted by molar-refractivity contribution is -0.113. The number of thioether (sulfide) groups is 1. The maximum absolute atomic E-state index is 12.8. The smallest absolute Gasteiger partial charge is 0.234 e. The lowest BCUT2D eigenvalue weighted by atomic mass is 10.0. The first-order chi connectivity index (χ1) is 15.7. The van der Waals surface area contributed by atoms with Gasteiger partial charge in [-0.15, -0.1) is 10.2 Å². The zero-order valence-corrected chi connectivity index (χ0v) is 19.0. The van der Waals surface area contributed by atoms with Crippen molar-refractivity contribution in [1.29, 1.82) is 0 Å². The highest BCUT2D eigenvalue weighted by atomic mass is 32.2. The second kappa shape index (κ2) is 10.2. The molecule has 1 amide bonds. The molecular weight excluding hydrogens is 418 g/mol. The SMILES string of the molecule is CCc1cccc(CC)c1NC(=O)CSc1nnc(-c2cccnc2)n1-c1ccccc1. The summed E-state index contributed by atoms with van der Waals surface area (Å²) in [6.07, 6.45) is 5.23. The van der Waals surface area contributed by atoms with Gasteiger partial charge in [-0.2, -0.15) is 0 Å². The number of aryl methyl sites for hydroxylation is 2. The third kappa shape index (κ3) is 4.73. The predicted octanol–water partition coefficient (Wildman–Crippen LogP) is 5.18. The largest absolute Gasteiger partial charge is 0.325 e. The van der Waals surface area contributed by atoms with Crippen molar-refractivity contribution in [2.45, 2.75) is 31.8 Å². The average Bonchev–Trinajstić information content (AvgIpc) is 3.28. The predicted molar refractivity (Wildman–Crippen MR) is 129 cm³/mol. The Morgan fingerprint density at radius 1 is 0.938 bits per heavy atom. The second-order valence-corrected chi connectivity index (χ2v) is 8.16. The van der Waals surface area contributed by atoms with Crippen LogP contribution in [0.15, 0.2) is 78.2 Å². The molecule has 0 saturated carbocycles. The molecule has 0 aliphatic heterocycles. The van der Waals surface area contributed by atoms with Crippen molar-refractivity contribution in [2.75, 3.05) is 11.1 Å². The number of anilines is 1. The van der Waals surface area contributed by atoms with Gasteiger partial charge in [0.15, 0.2) is 11.0 Å². The molecule has 6 nitrogen and oxygen atoms in total. The molecule has 2 aromatic carbocycles. The summed E-state index contributed by atoms with van der Waals surface area (Å²) in [7, 11) is 0. The molecule has 4 aromatic rings. The highest BCUT2D eigenvalue weighted by Gasteiger charge is 2.18. The van der Waals surface area contributed by atoms with E-state index in [9.17, 15) is 4.79 Å². The van der Waals surface area contributed by atoms with Gasteiger partial charge in [-0.3, -0.25) is 14.3 Å². The van der Waals surface area contributed by atoms with E-state index < -0.39 is 0 Å². The quantitative estimate of drug-likeness (QED) is 0.380. The minimum absolute atomic E-state index is 0.0591. The number of aromatic nitrogens is 4. The highest BCUT2D eigenvalue weighted by Crippen LogP contribution is 2.28. The maximum atomic E-state index is 12.8. The fourth-order valence-corrected chi connectivity index (χ4v) is 4.32. The number of carbonyl (C=O) groups is 1. The first-order valence-corrected chi connectivity index (χ1v) is 11.6. The second-order valence-electron chi connectivity index (χ2n) is 7.21. The van der Waals surface area contributed by atoms with Crippen LogP contribution in [0.25, 0.3) is 17.1 Å². The number of nitrogens with zero attached hydrogens (tertiary/aromatic N) is 4. The van der Waals surface area contributed by atoms with Gasteiger partial charge in [-0.1, -0.05) is 62.0 Å². The van der Waals surface area contributed by atoms with Gasteiger partial charge in [-0.25, -0.2) is 0 Å². The molecule has 0 unspecified atom stereocenters. The van der Waals surface area contributed by atoms with Crippen LogP contribution in [0.5, 0.6) is 0 Å². The summed E-state index contributed by atoms with van der Waals surface area (Å²) in [6, 6.07) is 19.9. The van der Waals surface area contributed by atoms with Gasteiger partial charge in [0.05, 0.1) is 5.75 Å². The molecule has 4 rings (SSSR count). The van der Waals surface area contributed by atoms with Crippen LogP contribution < -0.4 is 5.32 Å². The zero-order valence-electron chi connectivity index (χ0n) is 18.2. The van der Waals surface area contributed by atoms with Crippen molar-refractivity contribution in [2.24, 2.45) is 0 Å². The number of nitrogens with one attached hydrogen (secondary N) is 1. The van der Waals surface area contributed by atoms with Crippen molar-refractivity contribution < 1.29 is 4.79 Å². The molecule has 0 saturated heterocycles. The number of rotatable bonds is 8. The van der Waals surface area contributed by atoms with Crippen LogP contribution in [0.2, 0.25) is 0 Å². The van der Waals surface area contributed by atoms with Crippen molar-refractivity contribution in [3.05, 3.63) is 84.2 Å². The summed E-state index contributed by atoms with van der Waals surface area (Å²) in [5.74, 6) is 0.868. The van der Waals surface area contributed by atoms with Crippen LogP contribution >= 0.6 is 11.8 Å². The van der Waals surface area contributed by atoms with Crippen LogP contribution in [0.1, 0.15) is 25.0 Å². The highest BCUT2D eigenvalue weighted by molar-refractivity contribution is 7.99. The normalized spacial score (nSPS) is 10.8. The number of amides is 1. The molecule has 0 radical (unpaired) electrons. The molecular formula is C25H25N5OS. The van der Waals surface area contributed by atoms with Gasteiger partial charge >= 0.3 is 0 Å². The monoisotopic (exact) mass is 443 g/mol. The lowest BCUT2D eigenvalue weighted by Crippen LogP contribution is -2.17. The van der Waals surface area contributed by atoms with Crippen molar-refractivity contribution in [3.8, 4) is 17.1 Å².